The topological polar surface area (TPSA) is 53.4 Å². The van der Waals surface area contributed by atoms with Gasteiger partial charge in [-0.05, 0) is 12.1 Å². The van der Waals surface area contributed by atoms with Crippen LogP contribution in [0.3, 0.4) is 0 Å². The van der Waals surface area contributed by atoms with Gasteiger partial charge in [-0.15, -0.1) is 6.58 Å². The molecule has 1 N–H and O–H groups in total. The van der Waals surface area contributed by atoms with Gasteiger partial charge in [-0.2, -0.15) is 0 Å². The molecule has 0 saturated carbocycles. The van der Waals surface area contributed by atoms with E-state index in [9.17, 15) is 4.79 Å². The SMILES string of the molecule is C=CCN(CCO)C(=O)Cc1ccccn1. The van der Waals surface area contributed by atoms with Crippen molar-refractivity contribution >= 4 is 5.91 Å². The summed E-state index contributed by atoms with van der Waals surface area (Å²) in [7, 11) is 0. The molecule has 0 bridgehead atoms. The normalized spacial score (nSPS) is 9.81. The second-order valence-corrected chi connectivity index (χ2v) is 3.35. The third-order valence-corrected chi connectivity index (χ3v) is 2.13. The van der Waals surface area contributed by atoms with Crippen molar-refractivity contribution in [2.45, 2.75) is 6.42 Å². The molecule has 0 saturated heterocycles. The van der Waals surface area contributed by atoms with Crippen LogP contribution in [-0.4, -0.2) is 40.6 Å². The number of pyridine rings is 1. The van der Waals surface area contributed by atoms with E-state index in [4.69, 9.17) is 5.11 Å². The zero-order valence-electron chi connectivity index (χ0n) is 9.17. The van der Waals surface area contributed by atoms with Gasteiger partial charge in [0.15, 0.2) is 0 Å². The van der Waals surface area contributed by atoms with Crippen molar-refractivity contribution in [3.63, 3.8) is 0 Å². The zero-order chi connectivity index (χ0) is 11.8. The number of rotatable bonds is 6. The fourth-order valence-electron chi connectivity index (χ4n) is 1.36. The summed E-state index contributed by atoms with van der Waals surface area (Å²) in [6.07, 6.45) is 3.56. The predicted molar refractivity (Wildman–Crippen MR) is 61.8 cm³/mol. The van der Waals surface area contributed by atoms with E-state index in [-0.39, 0.29) is 18.9 Å². The molecule has 0 radical (unpaired) electrons. The lowest BCUT2D eigenvalue weighted by atomic mass is 10.2. The zero-order valence-corrected chi connectivity index (χ0v) is 9.17. The predicted octanol–water partition coefficient (Wildman–Crippen LogP) is 0.631. The van der Waals surface area contributed by atoms with Crippen molar-refractivity contribution < 1.29 is 9.90 Å². The van der Waals surface area contributed by atoms with E-state index >= 15 is 0 Å². The molecule has 0 aliphatic carbocycles. The van der Waals surface area contributed by atoms with Crippen LogP contribution < -0.4 is 0 Å². The Morgan fingerprint density at radius 3 is 2.94 bits per heavy atom. The van der Waals surface area contributed by atoms with E-state index in [1.807, 2.05) is 18.2 Å². The third kappa shape index (κ3) is 3.82. The van der Waals surface area contributed by atoms with Crippen LogP contribution in [0.5, 0.6) is 0 Å². The standard InChI is InChI=1S/C12H16N2O2/c1-2-7-14(8-9-15)12(16)10-11-5-3-4-6-13-11/h2-6,15H,1,7-10H2. The summed E-state index contributed by atoms with van der Waals surface area (Å²) in [5, 5.41) is 8.83. The van der Waals surface area contributed by atoms with Gasteiger partial charge in [0.2, 0.25) is 5.91 Å². The van der Waals surface area contributed by atoms with Crippen LogP contribution in [0.25, 0.3) is 0 Å². The number of carbonyl (C=O) groups excluding carboxylic acids is 1. The summed E-state index contributed by atoms with van der Waals surface area (Å²) in [6.45, 7) is 4.32. The van der Waals surface area contributed by atoms with Gasteiger partial charge >= 0.3 is 0 Å². The van der Waals surface area contributed by atoms with Gasteiger partial charge in [-0.1, -0.05) is 12.1 Å². The first kappa shape index (κ1) is 12.4. The number of aromatic nitrogens is 1. The van der Waals surface area contributed by atoms with Crippen molar-refractivity contribution in [2.24, 2.45) is 0 Å². The first-order valence-electron chi connectivity index (χ1n) is 5.17. The van der Waals surface area contributed by atoms with Crippen LogP contribution in [0.4, 0.5) is 0 Å². The average Bonchev–Trinajstić information content (AvgIpc) is 2.30. The van der Waals surface area contributed by atoms with E-state index in [1.165, 1.54) is 0 Å². The van der Waals surface area contributed by atoms with Crippen molar-refractivity contribution in [3.8, 4) is 0 Å². The summed E-state index contributed by atoms with van der Waals surface area (Å²) in [6, 6.07) is 5.46. The highest BCUT2D eigenvalue weighted by Crippen LogP contribution is 1.99. The maximum atomic E-state index is 11.8. The lowest BCUT2D eigenvalue weighted by Gasteiger charge is -2.19. The fourth-order valence-corrected chi connectivity index (χ4v) is 1.36. The molecule has 1 rings (SSSR count). The lowest BCUT2D eigenvalue weighted by Crippen LogP contribution is -2.34. The molecule has 1 amide bonds. The number of aliphatic hydroxyl groups excluding tert-OH is 1. The van der Waals surface area contributed by atoms with Gasteiger partial charge < -0.3 is 10.0 Å². The minimum Gasteiger partial charge on any atom is -0.395 e. The first-order valence-corrected chi connectivity index (χ1v) is 5.17. The van der Waals surface area contributed by atoms with Crippen molar-refractivity contribution in [3.05, 3.63) is 42.7 Å². The molecule has 1 aromatic rings. The molecule has 0 unspecified atom stereocenters. The molecule has 0 fully saturated rings. The van der Waals surface area contributed by atoms with E-state index in [2.05, 4.69) is 11.6 Å². The Hall–Kier alpha value is -1.68. The van der Waals surface area contributed by atoms with Gasteiger partial charge in [-0.3, -0.25) is 9.78 Å². The van der Waals surface area contributed by atoms with Crippen LogP contribution in [-0.2, 0) is 11.2 Å². The van der Waals surface area contributed by atoms with Crippen LogP contribution in [0.15, 0.2) is 37.1 Å². The molecule has 0 aliphatic heterocycles. The number of nitrogens with zero attached hydrogens (tertiary/aromatic N) is 2. The highest BCUT2D eigenvalue weighted by molar-refractivity contribution is 5.78. The summed E-state index contributed by atoms with van der Waals surface area (Å²) < 4.78 is 0. The van der Waals surface area contributed by atoms with E-state index < -0.39 is 0 Å². The smallest absolute Gasteiger partial charge is 0.228 e. The molecule has 0 aromatic carbocycles. The van der Waals surface area contributed by atoms with Crippen LogP contribution in [0, 0.1) is 0 Å². The molecule has 16 heavy (non-hydrogen) atoms. The van der Waals surface area contributed by atoms with E-state index in [0.29, 0.717) is 13.1 Å². The molecule has 1 heterocycles. The highest BCUT2D eigenvalue weighted by Gasteiger charge is 2.12. The number of hydrogen-bond donors (Lipinski definition) is 1. The van der Waals surface area contributed by atoms with Crippen molar-refractivity contribution in [2.75, 3.05) is 19.7 Å². The minimum atomic E-state index is -0.0485. The minimum absolute atomic E-state index is 0.0399. The number of carbonyl (C=O) groups is 1. The van der Waals surface area contributed by atoms with Crippen LogP contribution >= 0.6 is 0 Å². The molecule has 4 heteroatoms. The molecular formula is C12H16N2O2. The van der Waals surface area contributed by atoms with Gasteiger partial charge in [0.05, 0.1) is 13.0 Å². The Morgan fingerprint density at radius 2 is 2.38 bits per heavy atom. The maximum Gasteiger partial charge on any atom is 0.228 e. The molecule has 4 nitrogen and oxygen atoms in total. The largest absolute Gasteiger partial charge is 0.395 e. The molecule has 0 spiro atoms. The quantitative estimate of drug-likeness (QED) is 0.715. The van der Waals surface area contributed by atoms with Crippen LogP contribution in [0.2, 0.25) is 0 Å². The van der Waals surface area contributed by atoms with E-state index in [1.54, 1.807) is 17.2 Å². The monoisotopic (exact) mass is 220 g/mol. The molecule has 1 aromatic heterocycles. The Kier molecular flexibility index (Phi) is 5.22. The Labute approximate surface area is 95.2 Å². The van der Waals surface area contributed by atoms with Crippen molar-refractivity contribution in [1.29, 1.82) is 0 Å². The second kappa shape index (κ2) is 6.74. The summed E-state index contributed by atoms with van der Waals surface area (Å²) in [4.78, 5) is 17.5. The van der Waals surface area contributed by atoms with Gasteiger partial charge in [0.1, 0.15) is 0 Å². The second-order valence-electron chi connectivity index (χ2n) is 3.35. The van der Waals surface area contributed by atoms with Crippen LogP contribution in [0.1, 0.15) is 5.69 Å². The summed E-state index contributed by atoms with van der Waals surface area (Å²) >= 11 is 0. The molecule has 0 atom stereocenters. The number of amides is 1. The summed E-state index contributed by atoms with van der Waals surface area (Å²) in [5.74, 6) is -0.0485. The van der Waals surface area contributed by atoms with Crippen molar-refractivity contribution in [1.82, 2.24) is 9.88 Å². The Bertz CT molecular complexity index is 338. The molecule has 0 aliphatic rings. The Balaban J connectivity index is 2.58. The maximum absolute atomic E-state index is 11.8. The molecule has 86 valence electrons. The average molecular weight is 220 g/mol. The third-order valence-electron chi connectivity index (χ3n) is 2.13. The number of hydrogen-bond acceptors (Lipinski definition) is 3. The number of aliphatic hydroxyl groups is 1. The first-order chi connectivity index (χ1) is 7.77. The summed E-state index contributed by atoms with van der Waals surface area (Å²) in [5.41, 5.74) is 0.736. The molecular weight excluding hydrogens is 204 g/mol. The van der Waals surface area contributed by atoms with Gasteiger partial charge in [0.25, 0.3) is 0 Å². The fraction of sp³-hybridized carbons (Fsp3) is 0.333. The highest BCUT2D eigenvalue weighted by atomic mass is 16.3. The van der Waals surface area contributed by atoms with Gasteiger partial charge in [-0.25, -0.2) is 0 Å². The Morgan fingerprint density at radius 1 is 1.56 bits per heavy atom. The van der Waals surface area contributed by atoms with Gasteiger partial charge in [0, 0.05) is 25.0 Å². The van der Waals surface area contributed by atoms with E-state index in [0.717, 1.165) is 5.69 Å². The lowest BCUT2D eigenvalue weighted by molar-refractivity contribution is -0.130.